The highest BCUT2D eigenvalue weighted by Gasteiger charge is 2.32. The number of ether oxygens (including phenoxy) is 1. The monoisotopic (exact) mass is 292 g/mol. The fourth-order valence-electron chi connectivity index (χ4n) is 1.41. The number of nitrogens with zero attached hydrogens (tertiary/aromatic N) is 2. The first kappa shape index (κ1) is 13.8. The number of rotatable bonds is 4. The molecule has 0 aromatic heterocycles. The first-order chi connectivity index (χ1) is 9.22. The van der Waals surface area contributed by atoms with Crippen LogP contribution in [0, 0.1) is 0 Å². The van der Waals surface area contributed by atoms with E-state index >= 15 is 0 Å². The van der Waals surface area contributed by atoms with Crippen LogP contribution in [-0.4, -0.2) is 28.2 Å². The summed E-state index contributed by atoms with van der Waals surface area (Å²) in [5, 5.41) is 5.07. The zero-order valence-corrected chi connectivity index (χ0v) is 11.9. The number of carbonyl (C=O) groups excluding carboxylic acids is 1. The van der Waals surface area contributed by atoms with E-state index in [4.69, 9.17) is 17.0 Å². The molecule has 1 aromatic carbocycles. The highest BCUT2D eigenvalue weighted by atomic mass is 32.2. The highest BCUT2D eigenvalue weighted by Crippen LogP contribution is 2.32. The molecule has 0 spiro atoms. The molecule has 0 radical (unpaired) electrons. The van der Waals surface area contributed by atoms with E-state index in [2.05, 4.69) is 5.10 Å². The number of thiocarbonyl (C=S) groups is 1. The topological polar surface area (TPSA) is 41.9 Å². The van der Waals surface area contributed by atoms with Crippen molar-refractivity contribution in [1.29, 1.82) is 0 Å². The van der Waals surface area contributed by atoms with Gasteiger partial charge in [-0.1, -0.05) is 42.1 Å². The van der Waals surface area contributed by atoms with E-state index in [9.17, 15) is 4.79 Å². The molecule has 1 heterocycles. The maximum Gasteiger partial charge on any atom is 0.286 e. The summed E-state index contributed by atoms with van der Waals surface area (Å²) < 4.78 is 5.38. The molecule has 0 unspecified atom stereocenters. The van der Waals surface area contributed by atoms with Gasteiger partial charge in [0.2, 0.25) is 0 Å². The van der Waals surface area contributed by atoms with Crippen LogP contribution >= 0.6 is 24.0 Å². The average molecular weight is 292 g/mol. The number of hydrazone groups is 1. The number of hydrogen-bond acceptors (Lipinski definition) is 5. The smallest absolute Gasteiger partial charge is 0.286 e. The normalized spacial score (nSPS) is 17.7. The Morgan fingerprint density at radius 1 is 1.42 bits per heavy atom. The standard InChI is InChI=1S/C13H12N2O2S2/c1-2-17-9-14-15-12(16)11(19-13(15)18)8-10-6-4-3-5-7-10/h3-9H,2H2,1H3/b11-8+,14-9+. The van der Waals surface area contributed by atoms with Crippen LogP contribution in [-0.2, 0) is 9.53 Å². The van der Waals surface area contributed by atoms with Gasteiger partial charge in [0.25, 0.3) is 5.91 Å². The lowest BCUT2D eigenvalue weighted by atomic mass is 10.2. The van der Waals surface area contributed by atoms with Crippen LogP contribution in [0.25, 0.3) is 6.08 Å². The van der Waals surface area contributed by atoms with Crippen molar-refractivity contribution >= 4 is 46.7 Å². The Balaban J connectivity index is 2.16. The van der Waals surface area contributed by atoms with Crippen molar-refractivity contribution in [1.82, 2.24) is 5.01 Å². The van der Waals surface area contributed by atoms with Gasteiger partial charge in [-0.25, -0.2) is 0 Å². The Bertz CT molecular complexity index is 541. The maximum atomic E-state index is 12.1. The summed E-state index contributed by atoms with van der Waals surface area (Å²) >= 11 is 6.35. The van der Waals surface area contributed by atoms with Crippen LogP contribution in [0.3, 0.4) is 0 Å². The molecular formula is C13H12N2O2S2. The van der Waals surface area contributed by atoms with E-state index < -0.39 is 0 Å². The molecule has 1 amide bonds. The predicted octanol–water partition coefficient (Wildman–Crippen LogP) is 2.87. The van der Waals surface area contributed by atoms with Crippen molar-refractivity contribution in [3.05, 3.63) is 40.8 Å². The molecule has 0 atom stereocenters. The molecule has 1 saturated heterocycles. The fourth-order valence-corrected chi connectivity index (χ4v) is 2.59. The molecule has 1 fully saturated rings. The molecule has 1 aliphatic heterocycles. The zero-order valence-electron chi connectivity index (χ0n) is 10.3. The summed E-state index contributed by atoms with van der Waals surface area (Å²) in [6.45, 7) is 2.34. The van der Waals surface area contributed by atoms with Crippen LogP contribution in [0.15, 0.2) is 40.3 Å². The quantitative estimate of drug-likeness (QED) is 0.370. The van der Waals surface area contributed by atoms with E-state index in [-0.39, 0.29) is 5.91 Å². The predicted molar refractivity (Wildman–Crippen MR) is 81.6 cm³/mol. The SMILES string of the molecule is CCO/C=N/N1C(=O)/C(=C\c2ccccc2)SC1=S. The first-order valence-corrected chi connectivity index (χ1v) is 6.92. The fraction of sp³-hybridized carbons (Fsp3) is 0.154. The van der Waals surface area contributed by atoms with Gasteiger partial charge in [-0.05, 0) is 30.8 Å². The third kappa shape index (κ3) is 3.42. The van der Waals surface area contributed by atoms with Gasteiger partial charge in [0.1, 0.15) is 0 Å². The van der Waals surface area contributed by atoms with Crippen LogP contribution in [0.5, 0.6) is 0 Å². The summed E-state index contributed by atoms with van der Waals surface area (Å²) in [7, 11) is 0. The Morgan fingerprint density at radius 2 is 2.16 bits per heavy atom. The van der Waals surface area contributed by atoms with Gasteiger partial charge < -0.3 is 4.74 Å². The number of amides is 1. The third-order valence-electron chi connectivity index (χ3n) is 2.27. The summed E-state index contributed by atoms with van der Waals surface area (Å²) in [6, 6.07) is 9.61. The second-order valence-electron chi connectivity index (χ2n) is 3.58. The van der Waals surface area contributed by atoms with Crippen molar-refractivity contribution in [3.8, 4) is 0 Å². The highest BCUT2D eigenvalue weighted by molar-refractivity contribution is 8.26. The largest absolute Gasteiger partial charge is 0.482 e. The van der Waals surface area contributed by atoms with Crippen molar-refractivity contribution in [2.24, 2.45) is 5.10 Å². The molecule has 6 heteroatoms. The molecule has 1 aliphatic rings. The number of carbonyl (C=O) groups is 1. The molecule has 19 heavy (non-hydrogen) atoms. The minimum atomic E-state index is -0.227. The Hall–Kier alpha value is -1.66. The molecule has 0 N–H and O–H groups in total. The van der Waals surface area contributed by atoms with Gasteiger partial charge >= 0.3 is 0 Å². The lowest BCUT2D eigenvalue weighted by Crippen LogP contribution is -2.22. The second kappa shape index (κ2) is 6.49. The van der Waals surface area contributed by atoms with Crippen LogP contribution in [0.2, 0.25) is 0 Å². The van der Waals surface area contributed by atoms with Crippen molar-refractivity contribution in [2.75, 3.05) is 6.61 Å². The third-order valence-corrected chi connectivity index (χ3v) is 3.56. The molecule has 1 aromatic rings. The maximum absolute atomic E-state index is 12.1. The summed E-state index contributed by atoms with van der Waals surface area (Å²) in [4.78, 5) is 12.7. The lowest BCUT2D eigenvalue weighted by molar-refractivity contribution is -0.122. The molecule has 0 aliphatic carbocycles. The van der Waals surface area contributed by atoms with E-state index in [1.165, 1.54) is 23.2 Å². The van der Waals surface area contributed by atoms with E-state index in [0.29, 0.717) is 15.8 Å². The Kier molecular flexibility index (Phi) is 4.70. The van der Waals surface area contributed by atoms with Crippen LogP contribution < -0.4 is 0 Å². The van der Waals surface area contributed by atoms with Gasteiger partial charge in [-0.2, -0.15) is 5.01 Å². The van der Waals surface area contributed by atoms with Crippen molar-refractivity contribution in [2.45, 2.75) is 6.92 Å². The molecule has 4 nitrogen and oxygen atoms in total. The minimum absolute atomic E-state index is 0.227. The van der Waals surface area contributed by atoms with Gasteiger partial charge in [0.15, 0.2) is 10.7 Å². The first-order valence-electron chi connectivity index (χ1n) is 5.69. The van der Waals surface area contributed by atoms with E-state index in [1.54, 1.807) is 6.08 Å². The van der Waals surface area contributed by atoms with Crippen LogP contribution in [0.4, 0.5) is 0 Å². The second-order valence-corrected chi connectivity index (χ2v) is 5.26. The molecule has 0 saturated carbocycles. The Morgan fingerprint density at radius 3 is 2.84 bits per heavy atom. The van der Waals surface area contributed by atoms with Gasteiger partial charge in [-0.3, -0.25) is 4.79 Å². The summed E-state index contributed by atoms with van der Waals surface area (Å²) in [5.41, 5.74) is 0.955. The molecule has 2 rings (SSSR count). The number of benzene rings is 1. The average Bonchev–Trinajstić information content (AvgIpc) is 2.68. The van der Waals surface area contributed by atoms with Crippen LogP contribution in [0.1, 0.15) is 12.5 Å². The summed E-state index contributed by atoms with van der Waals surface area (Å²) in [6.07, 6.45) is 3.03. The van der Waals surface area contributed by atoms with Crippen molar-refractivity contribution in [3.63, 3.8) is 0 Å². The minimum Gasteiger partial charge on any atom is -0.482 e. The number of hydrogen-bond donors (Lipinski definition) is 0. The van der Waals surface area contributed by atoms with Crippen molar-refractivity contribution < 1.29 is 9.53 Å². The van der Waals surface area contributed by atoms with Gasteiger partial charge in [0.05, 0.1) is 11.5 Å². The Labute approximate surface area is 121 Å². The molecular weight excluding hydrogens is 280 g/mol. The van der Waals surface area contributed by atoms with E-state index in [0.717, 1.165) is 5.56 Å². The molecule has 0 bridgehead atoms. The van der Waals surface area contributed by atoms with Gasteiger partial charge in [-0.15, -0.1) is 5.10 Å². The molecule has 98 valence electrons. The summed E-state index contributed by atoms with van der Waals surface area (Å²) in [5.74, 6) is -0.227. The van der Waals surface area contributed by atoms with E-state index in [1.807, 2.05) is 37.3 Å². The lowest BCUT2D eigenvalue weighted by Gasteiger charge is -2.05. The zero-order chi connectivity index (χ0) is 13.7. The number of thioether (sulfide) groups is 1. The van der Waals surface area contributed by atoms with Gasteiger partial charge in [0, 0.05) is 0 Å².